The number of benzene rings is 1. The van der Waals surface area contributed by atoms with E-state index in [-0.39, 0.29) is 23.6 Å². The van der Waals surface area contributed by atoms with Gasteiger partial charge in [-0.15, -0.1) is 0 Å². The molecular formula is C11H11N5O3. The third-order valence-electron chi connectivity index (χ3n) is 2.55. The number of hydrogen-bond donors (Lipinski definition) is 2. The second-order valence-electron chi connectivity index (χ2n) is 3.78. The molecule has 0 amide bonds. The van der Waals surface area contributed by atoms with E-state index in [1.165, 1.54) is 22.9 Å². The summed E-state index contributed by atoms with van der Waals surface area (Å²) in [6.45, 7) is 0.263. The number of nitrogens with two attached hydrogens (primary N) is 1. The van der Waals surface area contributed by atoms with E-state index in [1.807, 2.05) is 0 Å². The number of nitrogen functional groups attached to an aromatic ring is 1. The predicted octanol–water partition coefficient (Wildman–Crippen LogP) is 0.485. The zero-order chi connectivity index (χ0) is 13.8. The Labute approximate surface area is 107 Å². The molecule has 0 saturated heterocycles. The van der Waals surface area contributed by atoms with Crippen molar-refractivity contribution in [1.29, 1.82) is 0 Å². The number of aromatic nitrogens is 2. The predicted molar refractivity (Wildman–Crippen MR) is 68.5 cm³/mol. The summed E-state index contributed by atoms with van der Waals surface area (Å²) < 4.78 is 1.39. The molecule has 1 aromatic carbocycles. The van der Waals surface area contributed by atoms with E-state index in [0.29, 0.717) is 5.56 Å². The average molecular weight is 261 g/mol. The fraction of sp³-hybridized carbons (Fsp3) is 0.0909. The monoisotopic (exact) mass is 261 g/mol. The van der Waals surface area contributed by atoms with Crippen LogP contribution in [0.2, 0.25) is 0 Å². The molecule has 0 aliphatic heterocycles. The molecule has 2 aromatic rings. The molecule has 0 unspecified atom stereocenters. The van der Waals surface area contributed by atoms with Gasteiger partial charge in [0.25, 0.3) is 5.69 Å². The van der Waals surface area contributed by atoms with Crippen LogP contribution in [0.25, 0.3) is 0 Å². The average Bonchev–Trinajstić information content (AvgIpc) is 2.41. The number of nitrogens with zero attached hydrogens (tertiary/aromatic N) is 3. The number of nitrogens with one attached hydrogen (secondary N) is 1. The van der Waals surface area contributed by atoms with Crippen molar-refractivity contribution in [2.45, 2.75) is 6.54 Å². The third kappa shape index (κ3) is 2.75. The Bertz CT molecular complexity index is 667. The van der Waals surface area contributed by atoms with Crippen LogP contribution in [0.15, 0.2) is 41.5 Å². The minimum atomic E-state index is -0.533. The van der Waals surface area contributed by atoms with Gasteiger partial charge in [0.05, 0.1) is 11.5 Å². The van der Waals surface area contributed by atoms with E-state index in [0.717, 1.165) is 0 Å². The summed E-state index contributed by atoms with van der Waals surface area (Å²) in [5, 5.41) is 10.7. The highest BCUT2D eigenvalue weighted by Crippen LogP contribution is 2.24. The highest BCUT2D eigenvalue weighted by molar-refractivity contribution is 5.62. The largest absolute Gasteiger partial charge is 0.347 e. The molecule has 8 nitrogen and oxygen atoms in total. The van der Waals surface area contributed by atoms with Crippen LogP contribution >= 0.6 is 0 Å². The Morgan fingerprint density at radius 3 is 2.89 bits per heavy atom. The molecular weight excluding hydrogens is 250 g/mol. The van der Waals surface area contributed by atoms with Gasteiger partial charge in [-0.1, -0.05) is 6.07 Å². The molecule has 98 valence electrons. The molecule has 2 rings (SSSR count). The van der Waals surface area contributed by atoms with Gasteiger partial charge in [0.15, 0.2) is 0 Å². The minimum Gasteiger partial charge on any atom is -0.318 e. The van der Waals surface area contributed by atoms with Crippen LogP contribution < -0.4 is 17.0 Å². The summed E-state index contributed by atoms with van der Waals surface area (Å²) in [7, 11) is 0. The van der Waals surface area contributed by atoms with Gasteiger partial charge in [0.1, 0.15) is 5.69 Å². The molecule has 0 atom stereocenters. The van der Waals surface area contributed by atoms with Crippen molar-refractivity contribution >= 4 is 11.4 Å². The lowest BCUT2D eigenvalue weighted by molar-refractivity contribution is -0.384. The Balaban J connectivity index is 2.35. The van der Waals surface area contributed by atoms with Gasteiger partial charge >= 0.3 is 5.69 Å². The minimum absolute atomic E-state index is 0.121. The first-order valence-corrected chi connectivity index (χ1v) is 5.37. The highest BCUT2D eigenvalue weighted by Gasteiger charge is 2.13. The quantitative estimate of drug-likeness (QED) is 0.470. The summed E-state index contributed by atoms with van der Waals surface area (Å²) in [5.41, 5.74) is 2.66. The summed E-state index contributed by atoms with van der Waals surface area (Å²) in [5.74, 6) is 5.25. The maximum absolute atomic E-state index is 11.5. The molecule has 0 saturated carbocycles. The van der Waals surface area contributed by atoms with E-state index in [9.17, 15) is 14.9 Å². The van der Waals surface area contributed by atoms with Crippen LogP contribution in [0.5, 0.6) is 0 Å². The van der Waals surface area contributed by atoms with Crippen LogP contribution in [-0.4, -0.2) is 14.5 Å². The van der Waals surface area contributed by atoms with Crippen molar-refractivity contribution in [3.05, 3.63) is 62.8 Å². The second kappa shape index (κ2) is 5.27. The van der Waals surface area contributed by atoms with E-state index >= 15 is 0 Å². The number of hydrogen-bond acceptors (Lipinski definition) is 6. The van der Waals surface area contributed by atoms with Crippen LogP contribution in [-0.2, 0) is 6.54 Å². The van der Waals surface area contributed by atoms with Crippen LogP contribution in [0.1, 0.15) is 5.56 Å². The van der Waals surface area contributed by atoms with Gasteiger partial charge in [-0.2, -0.15) is 0 Å². The molecule has 8 heteroatoms. The number of rotatable bonds is 4. The third-order valence-corrected chi connectivity index (χ3v) is 2.55. The number of nitro groups is 1. The van der Waals surface area contributed by atoms with Gasteiger partial charge in [-0.3, -0.25) is 20.5 Å². The van der Waals surface area contributed by atoms with E-state index in [1.54, 1.807) is 18.3 Å². The summed E-state index contributed by atoms with van der Waals surface area (Å²) in [6.07, 6.45) is 2.99. The topological polar surface area (TPSA) is 116 Å². The Morgan fingerprint density at radius 1 is 1.47 bits per heavy atom. The van der Waals surface area contributed by atoms with Gasteiger partial charge in [-0.25, -0.2) is 9.78 Å². The molecule has 1 heterocycles. The molecule has 0 aliphatic rings. The van der Waals surface area contributed by atoms with Crippen molar-refractivity contribution in [3.8, 4) is 0 Å². The second-order valence-corrected chi connectivity index (χ2v) is 3.78. The Morgan fingerprint density at radius 2 is 2.26 bits per heavy atom. The smallest absolute Gasteiger partial charge is 0.318 e. The zero-order valence-electron chi connectivity index (χ0n) is 9.81. The molecule has 0 fully saturated rings. The number of anilines is 1. The standard InChI is InChI=1S/C11H11N5O3/c12-14-9-6-8(2-3-10(9)16(18)19)7-15-5-1-4-13-11(15)17/h1-6,14H,7,12H2. The Hall–Kier alpha value is -2.74. The summed E-state index contributed by atoms with van der Waals surface area (Å²) >= 11 is 0. The van der Waals surface area contributed by atoms with E-state index in [4.69, 9.17) is 5.84 Å². The first kappa shape index (κ1) is 12.7. The van der Waals surface area contributed by atoms with Crippen molar-refractivity contribution in [2.24, 2.45) is 5.84 Å². The van der Waals surface area contributed by atoms with Crippen LogP contribution in [0.4, 0.5) is 11.4 Å². The molecule has 19 heavy (non-hydrogen) atoms. The SMILES string of the molecule is NNc1cc(Cn2cccnc2=O)ccc1[N+](=O)[O-]. The molecule has 0 spiro atoms. The normalized spacial score (nSPS) is 10.2. The van der Waals surface area contributed by atoms with Crippen molar-refractivity contribution in [3.63, 3.8) is 0 Å². The molecule has 0 radical (unpaired) electrons. The van der Waals surface area contributed by atoms with Gasteiger partial charge in [-0.05, 0) is 17.7 Å². The van der Waals surface area contributed by atoms with Crippen LogP contribution in [0.3, 0.4) is 0 Å². The van der Waals surface area contributed by atoms with Crippen molar-refractivity contribution in [2.75, 3.05) is 5.43 Å². The van der Waals surface area contributed by atoms with Gasteiger partial charge in [0.2, 0.25) is 0 Å². The maximum atomic E-state index is 11.5. The number of hydrazine groups is 1. The highest BCUT2D eigenvalue weighted by atomic mass is 16.6. The zero-order valence-corrected chi connectivity index (χ0v) is 9.81. The van der Waals surface area contributed by atoms with Gasteiger partial charge in [0, 0.05) is 18.5 Å². The van der Waals surface area contributed by atoms with Crippen molar-refractivity contribution < 1.29 is 4.92 Å². The van der Waals surface area contributed by atoms with Crippen molar-refractivity contribution in [1.82, 2.24) is 9.55 Å². The lowest BCUT2D eigenvalue weighted by Gasteiger charge is -2.07. The summed E-state index contributed by atoms with van der Waals surface area (Å²) in [6, 6.07) is 6.07. The lowest BCUT2D eigenvalue weighted by atomic mass is 10.1. The molecule has 0 aliphatic carbocycles. The van der Waals surface area contributed by atoms with Crippen LogP contribution in [0, 0.1) is 10.1 Å². The Kier molecular flexibility index (Phi) is 3.53. The van der Waals surface area contributed by atoms with E-state index < -0.39 is 4.92 Å². The fourth-order valence-electron chi connectivity index (χ4n) is 1.66. The fourth-order valence-corrected chi connectivity index (χ4v) is 1.66. The summed E-state index contributed by atoms with van der Waals surface area (Å²) in [4.78, 5) is 25.3. The number of nitro benzene ring substituents is 1. The van der Waals surface area contributed by atoms with Gasteiger partial charge < -0.3 is 5.43 Å². The molecule has 0 bridgehead atoms. The van der Waals surface area contributed by atoms with E-state index in [2.05, 4.69) is 10.4 Å². The first-order valence-electron chi connectivity index (χ1n) is 5.37. The molecule has 1 aromatic heterocycles. The first-order chi connectivity index (χ1) is 9.11. The molecule has 3 N–H and O–H groups in total. The maximum Gasteiger partial charge on any atom is 0.347 e. The lowest BCUT2D eigenvalue weighted by Crippen LogP contribution is -2.22.